The van der Waals surface area contributed by atoms with Gasteiger partial charge in [-0.25, -0.2) is 0 Å². The van der Waals surface area contributed by atoms with Crippen LogP contribution in [0.1, 0.15) is 91.9 Å². The highest BCUT2D eigenvalue weighted by Gasteiger charge is 2.51. The highest BCUT2D eigenvalue weighted by atomic mass is 16.7. The third kappa shape index (κ3) is 18.8. The summed E-state index contributed by atoms with van der Waals surface area (Å²) in [7, 11) is 0. The van der Waals surface area contributed by atoms with Crippen molar-refractivity contribution in [2.24, 2.45) is 23.5 Å². The zero-order valence-corrected chi connectivity index (χ0v) is 37.8. The number of esters is 1. The summed E-state index contributed by atoms with van der Waals surface area (Å²) in [5.74, 6) is -6.86. The van der Waals surface area contributed by atoms with Crippen LogP contribution in [0.5, 0.6) is 0 Å². The summed E-state index contributed by atoms with van der Waals surface area (Å²) in [4.78, 5) is 25.4. The molecule has 3 heterocycles. The molecule has 0 aliphatic carbocycles. The summed E-state index contributed by atoms with van der Waals surface area (Å²) in [6.45, 7) is 6.73. The van der Waals surface area contributed by atoms with Crippen LogP contribution in [0.4, 0.5) is 0 Å². The number of ether oxygens (including phenoxy) is 4. The van der Waals surface area contributed by atoms with Crippen LogP contribution >= 0.6 is 0 Å². The maximum atomic E-state index is 12.9. The summed E-state index contributed by atoms with van der Waals surface area (Å²) < 4.78 is 23.4. The summed E-state index contributed by atoms with van der Waals surface area (Å²) in [6.07, 6.45) is 2.16. The number of allylic oxidation sites excluding steroid dienone is 10. The second-order valence-corrected chi connectivity index (χ2v) is 17.9. The quantitative estimate of drug-likeness (QED) is 0.171. The largest absolute Gasteiger partial charge is 0.481 e. The van der Waals surface area contributed by atoms with E-state index in [1.165, 1.54) is 13.0 Å². The van der Waals surface area contributed by atoms with Crippen molar-refractivity contribution in [3.63, 3.8) is 0 Å². The standard InChI is InChI=1S/C47H75NO17/c1-27-17-15-13-11-9-7-5-6-8-10-12-14-16-18-34(63-46-43(58)41(48)42(57)30(4)62-46)24-38-40(45(59)60)37(55)26-47(61,65-38)25-36(54)35(53)20-19-31(50)21-32(51)22-33(52)23-39(56)64-44(27)28(2)29(3)49/h5-6,8,10-18,27-38,40-44,46,49-55,57-58,61H,7,9,19-26,48H2,1-4H3,(H,59,60)/b6-5+,10-8+,13-11+,14-12+,17-15+,18-16+/t27-,28-,29-,30+,31+,32+,33+,34-,35+,36+,37-,38-,40+,41-,42+,43-,44+,46-,47+/m0/s1. The van der Waals surface area contributed by atoms with Crippen molar-refractivity contribution >= 4 is 11.9 Å². The number of hydrogen-bond acceptors (Lipinski definition) is 17. The first-order chi connectivity index (χ1) is 30.6. The Morgan fingerprint density at radius 1 is 0.769 bits per heavy atom. The molecule has 19 atom stereocenters. The van der Waals surface area contributed by atoms with Gasteiger partial charge in [0.05, 0.1) is 79.6 Å². The molecule has 0 aromatic rings. The van der Waals surface area contributed by atoms with Gasteiger partial charge < -0.3 is 80.9 Å². The lowest BCUT2D eigenvalue weighted by atomic mass is 9.82. The van der Waals surface area contributed by atoms with Crippen LogP contribution in [-0.4, -0.2) is 166 Å². The molecule has 3 aliphatic heterocycles. The summed E-state index contributed by atoms with van der Waals surface area (Å²) >= 11 is 0. The molecule has 0 amide bonds. The highest BCUT2D eigenvalue weighted by Crippen LogP contribution is 2.38. The number of carbonyl (C=O) groups is 2. The average Bonchev–Trinajstić information content (AvgIpc) is 3.21. The van der Waals surface area contributed by atoms with Gasteiger partial charge in [0.2, 0.25) is 0 Å². The van der Waals surface area contributed by atoms with Crippen LogP contribution in [0, 0.1) is 17.8 Å². The number of hydrogen-bond donors (Lipinski definition) is 12. The van der Waals surface area contributed by atoms with Crippen LogP contribution < -0.4 is 5.73 Å². The predicted octanol–water partition coefficient (Wildman–Crippen LogP) is 0.936. The van der Waals surface area contributed by atoms with E-state index in [2.05, 4.69) is 0 Å². The van der Waals surface area contributed by atoms with Gasteiger partial charge in [0.25, 0.3) is 0 Å². The van der Waals surface area contributed by atoms with Gasteiger partial charge in [-0.1, -0.05) is 86.8 Å². The lowest BCUT2D eigenvalue weighted by Crippen LogP contribution is -2.61. The molecule has 2 saturated heterocycles. The van der Waals surface area contributed by atoms with Crippen molar-refractivity contribution in [3.8, 4) is 0 Å². The fourth-order valence-electron chi connectivity index (χ4n) is 8.16. The van der Waals surface area contributed by atoms with E-state index in [9.17, 15) is 65.8 Å². The Labute approximate surface area is 381 Å². The molecule has 65 heavy (non-hydrogen) atoms. The smallest absolute Gasteiger partial charge is 0.311 e. The molecule has 0 saturated carbocycles. The van der Waals surface area contributed by atoms with Crippen LogP contribution in [-0.2, 0) is 28.5 Å². The number of carboxylic acids is 1. The third-order valence-corrected chi connectivity index (χ3v) is 12.2. The Morgan fingerprint density at radius 3 is 2.00 bits per heavy atom. The monoisotopic (exact) mass is 926 g/mol. The van der Waals surface area contributed by atoms with Crippen molar-refractivity contribution in [2.45, 2.75) is 189 Å². The van der Waals surface area contributed by atoms with Crippen molar-refractivity contribution in [1.82, 2.24) is 0 Å². The SMILES string of the molecule is C[C@H]([C@@H]1OC(=O)C[C@H](O)C[C@H](O)C[C@H](O)CC[C@@H](O)[C@H](O)C[C@]2(O)C[C@H](O)[C@@H](C(=O)O)[C@H](C[C@@H](O[C@@H]3O[C@H](C)[C@@H](O)[C@H](N)[C@@H]3O)/C=C/C=C/C=C/C=C/CC/C=C/C=C/[C@@H]1C)O2)[C@H](C)O. The van der Waals surface area contributed by atoms with Crippen molar-refractivity contribution < 1.29 is 84.7 Å². The predicted molar refractivity (Wildman–Crippen MR) is 237 cm³/mol. The minimum atomic E-state index is -2.35. The molecule has 0 aromatic heterocycles. The molecular formula is C47H75NO17. The Balaban J connectivity index is 1.87. The number of cyclic esters (lactones) is 1. The minimum Gasteiger partial charge on any atom is -0.481 e. The Morgan fingerprint density at radius 2 is 1.35 bits per heavy atom. The molecule has 18 nitrogen and oxygen atoms in total. The number of rotatable bonds is 5. The normalized spacial score (nSPS) is 43.6. The van der Waals surface area contributed by atoms with Gasteiger partial charge in [0, 0.05) is 31.1 Å². The van der Waals surface area contributed by atoms with E-state index in [1.807, 2.05) is 49.5 Å². The van der Waals surface area contributed by atoms with E-state index in [0.29, 0.717) is 0 Å². The van der Waals surface area contributed by atoms with E-state index in [1.54, 1.807) is 38.2 Å². The minimum absolute atomic E-state index is 0.140. The lowest BCUT2D eigenvalue weighted by molar-refractivity contribution is -0.310. The fourth-order valence-corrected chi connectivity index (χ4v) is 8.16. The van der Waals surface area contributed by atoms with E-state index in [-0.39, 0.29) is 38.0 Å². The fraction of sp³-hybridized carbons (Fsp3) is 0.702. The van der Waals surface area contributed by atoms with Crippen molar-refractivity contribution in [3.05, 3.63) is 72.9 Å². The molecule has 0 spiro atoms. The van der Waals surface area contributed by atoms with Gasteiger partial charge in [-0.3, -0.25) is 9.59 Å². The van der Waals surface area contributed by atoms with Crippen LogP contribution in [0.25, 0.3) is 0 Å². The Kier molecular flexibility index (Phi) is 23.8. The number of carbonyl (C=O) groups excluding carboxylic acids is 1. The van der Waals surface area contributed by atoms with E-state index >= 15 is 0 Å². The van der Waals surface area contributed by atoms with Crippen molar-refractivity contribution in [2.75, 3.05) is 0 Å². The Bertz CT molecular complexity index is 1620. The van der Waals surface area contributed by atoms with Crippen LogP contribution in [0.2, 0.25) is 0 Å². The zero-order chi connectivity index (χ0) is 48.4. The number of aliphatic carboxylic acids is 1. The van der Waals surface area contributed by atoms with E-state index < -0.39 is 141 Å². The molecule has 2 fully saturated rings. The molecule has 0 unspecified atom stereocenters. The van der Waals surface area contributed by atoms with Crippen molar-refractivity contribution in [1.29, 1.82) is 0 Å². The molecule has 370 valence electrons. The molecule has 2 bridgehead atoms. The molecule has 18 heteroatoms. The van der Waals surface area contributed by atoms with Crippen LogP contribution in [0.3, 0.4) is 0 Å². The van der Waals surface area contributed by atoms with Gasteiger partial charge in [-0.15, -0.1) is 0 Å². The molecular weight excluding hydrogens is 851 g/mol. The van der Waals surface area contributed by atoms with Gasteiger partial charge in [0.15, 0.2) is 12.1 Å². The Hall–Kier alpha value is -3.18. The average molecular weight is 926 g/mol. The zero-order valence-electron chi connectivity index (χ0n) is 37.8. The van der Waals surface area contributed by atoms with Gasteiger partial charge in [0.1, 0.15) is 18.1 Å². The second kappa shape index (κ2) is 27.6. The van der Waals surface area contributed by atoms with Gasteiger partial charge in [-0.05, 0) is 52.4 Å². The molecule has 3 rings (SSSR count). The van der Waals surface area contributed by atoms with E-state index in [0.717, 1.165) is 12.8 Å². The number of nitrogens with two attached hydrogens (primary N) is 1. The summed E-state index contributed by atoms with van der Waals surface area (Å²) in [6, 6.07) is -1.14. The first kappa shape index (κ1) is 56.1. The van der Waals surface area contributed by atoms with Gasteiger partial charge >= 0.3 is 11.9 Å². The van der Waals surface area contributed by atoms with Crippen LogP contribution in [0.15, 0.2) is 72.9 Å². The highest BCUT2D eigenvalue weighted by molar-refractivity contribution is 5.71. The molecule has 0 aromatic carbocycles. The maximum Gasteiger partial charge on any atom is 0.311 e. The third-order valence-electron chi connectivity index (χ3n) is 12.2. The van der Waals surface area contributed by atoms with Gasteiger partial charge in [-0.2, -0.15) is 0 Å². The topological polar surface area (TPSA) is 320 Å². The number of carboxylic acid groups (broad SMARTS) is 1. The number of fused-ring (bicyclic) bond motifs is 2. The number of aliphatic hydroxyl groups excluding tert-OH is 9. The number of aliphatic hydroxyl groups is 10. The summed E-state index contributed by atoms with van der Waals surface area (Å²) in [5.41, 5.74) is 6.02. The molecule has 3 aliphatic rings. The molecule has 0 radical (unpaired) electrons. The first-order valence-electron chi connectivity index (χ1n) is 22.6. The second-order valence-electron chi connectivity index (χ2n) is 17.9. The summed E-state index contributed by atoms with van der Waals surface area (Å²) in [5, 5.41) is 118. The molecule has 13 N–H and O–H groups in total. The van der Waals surface area contributed by atoms with E-state index in [4.69, 9.17) is 24.7 Å². The lowest BCUT2D eigenvalue weighted by Gasteiger charge is -2.45. The maximum absolute atomic E-state index is 12.9. The first-order valence-corrected chi connectivity index (χ1v) is 22.6.